The van der Waals surface area contributed by atoms with E-state index in [-0.39, 0.29) is 17.9 Å². The van der Waals surface area contributed by atoms with Crippen LogP contribution in [0.15, 0.2) is 18.2 Å². The Labute approximate surface area is 102 Å². The molecule has 0 heterocycles. The van der Waals surface area contributed by atoms with E-state index in [4.69, 9.17) is 11.6 Å². The van der Waals surface area contributed by atoms with Crippen LogP contribution in [0.3, 0.4) is 0 Å². The van der Waals surface area contributed by atoms with Gasteiger partial charge >= 0.3 is 0 Å². The van der Waals surface area contributed by atoms with Crippen molar-refractivity contribution in [2.75, 3.05) is 13.7 Å². The number of hydrogen-bond donors (Lipinski definition) is 3. The van der Waals surface area contributed by atoms with Crippen LogP contribution in [0.1, 0.15) is 10.4 Å². The fourth-order valence-corrected chi connectivity index (χ4v) is 1.22. The Morgan fingerprint density at radius 2 is 2.12 bits per heavy atom. The van der Waals surface area contributed by atoms with E-state index in [1.54, 1.807) is 0 Å². The van der Waals surface area contributed by atoms with E-state index in [0.717, 1.165) is 0 Å². The van der Waals surface area contributed by atoms with Gasteiger partial charge in [-0.1, -0.05) is 11.6 Å². The molecule has 0 radical (unpaired) electrons. The van der Waals surface area contributed by atoms with Gasteiger partial charge in [-0.15, -0.1) is 0 Å². The molecule has 17 heavy (non-hydrogen) atoms. The third-order valence-electron chi connectivity index (χ3n) is 1.79. The number of ether oxygens (including phenoxy) is 1. The summed E-state index contributed by atoms with van der Waals surface area (Å²) < 4.78 is 4.55. The van der Waals surface area contributed by atoms with Crippen LogP contribution >= 0.6 is 11.6 Å². The number of aromatic hydroxyl groups is 1. The average Bonchev–Trinajstić information content (AvgIpc) is 2.29. The van der Waals surface area contributed by atoms with E-state index < -0.39 is 11.8 Å². The number of benzene rings is 1. The predicted molar refractivity (Wildman–Crippen MR) is 60.6 cm³/mol. The number of phenolic OH excluding ortho intramolecular Hbond substituents is 1. The van der Waals surface area contributed by atoms with Gasteiger partial charge in [0.2, 0.25) is 0 Å². The number of hydrogen-bond acceptors (Lipinski definition) is 4. The lowest BCUT2D eigenvalue weighted by Crippen LogP contribution is -2.43. The fourth-order valence-electron chi connectivity index (χ4n) is 1.05. The summed E-state index contributed by atoms with van der Waals surface area (Å²) in [6.07, 6.45) is 0. The van der Waals surface area contributed by atoms with E-state index in [9.17, 15) is 14.7 Å². The molecule has 1 rings (SSSR count). The Bertz CT molecular complexity index is 436. The Morgan fingerprint density at radius 3 is 2.76 bits per heavy atom. The number of nitrogens with one attached hydrogen (secondary N) is 2. The molecule has 0 aliphatic carbocycles. The highest BCUT2D eigenvalue weighted by atomic mass is 35.5. The maximum absolute atomic E-state index is 11.5. The number of halogens is 1. The van der Waals surface area contributed by atoms with Crippen molar-refractivity contribution in [3.8, 4) is 5.75 Å². The first-order valence-electron chi connectivity index (χ1n) is 4.61. The number of methoxy groups -OCH3 is 1. The zero-order chi connectivity index (χ0) is 12.8. The smallest absolute Gasteiger partial charge is 0.273 e. The first-order chi connectivity index (χ1) is 8.04. The normalized spacial score (nSPS) is 9.76. The summed E-state index contributed by atoms with van der Waals surface area (Å²) in [5.74, 6) is -1.41. The maximum atomic E-state index is 11.5. The summed E-state index contributed by atoms with van der Waals surface area (Å²) in [6.45, 7) is -0.179. The summed E-state index contributed by atoms with van der Waals surface area (Å²) >= 11 is 5.67. The van der Waals surface area contributed by atoms with Crippen LogP contribution in [0.25, 0.3) is 0 Å². The van der Waals surface area contributed by atoms with Crippen molar-refractivity contribution in [2.24, 2.45) is 0 Å². The molecule has 0 fully saturated rings. The fraction of sp³-hybridized carbons (Fsp3) is 0.200. The second-order valence-corrected chi connectivity index (χ2v) is 3.53. The standard InChI is InChI=1S/C10H11ClN2O4/c1-17-5-9(15)12-13-10(16)7-4-6(11)2-3-8(7)14/h2-4,14H,5H2,1H3,(H,12,15)(H,13,16). The Balaban J connectivity index is 2.64. The Morgan fingerprint density at radius 1 is 1.41 bits per heavy atom. The predicted octanol–water partition coefficient (Wildman–Crippen LogP) is 0.453. The van der Waals surface area contributed by atoms with Crippen molar-refractivity contribution >= 4 is 23.4 Å². The Kier molecular flexibility index (Phi) is 4.74. The number of rotatable bonds is 3. The minimum absolute atomic E-state index is 0.0322. The molecule has 92 valence electrons. The van der Waals surface area contributed by atoms with Gasteiger partial charge in [-0.25, -0.2) is 0 Å². The van der Waals surface area contributed by atoms with Gasteiger partial charge in [0.25, 0.3) is 11.8 Å². The largest absolute Gasteiger partial charge is 0.507 e. The quantitative estimate of drug-likeness (QED) is 0.687. The monoisotopic (exact) mass is 258 g/mol. The van der Waals surface area contributed by atoms with Gasteiger partial charge in [0, 0.05) is 12.1 Å². The molecule has 6 nitrogen and oxygen atoms in total. The van der Waals surface area contributed by atoms with Gasteiger partial charge in [0.15, 0.2) is 0 Å². The lowest BCUT2D eigenvalue weighted by atomic mass is 10.2. The highest BCUT2D eigenvalue weighted by Gasteiger charge is 2.12. The summed E-state index contributed by atoms with van der Waals surface area (Å²) in [7, 11) is 1.35. The van der Waals surface area contributed by atoms with Crippen LogP contribution in [0.2, 0.25) is 5.02 Å². The molecular formula is C10H11ClN2O4. The number of carbonyl (C=O) groups is 2. The van der Waals surface area contributed by atoms with Crippen LogP contribution in [-0.4, -0.2) is 30.6 Å². The number of phenols is 1. The minimum Gasteiger partial charge on any atom is -0.507 e. The molecule has 1 aromatic carbocycles. The molecule has 0 spiro atoms. The third-order valence-corrected chi connectivity index (χ3v) is 2.03. The van der Waals surface area contributed by atoms with Crippen molar-refractivity contribution in [3.05, 3.63) is 28.8 Å². The zero-order valence-corrected chi connectivity index (χ0v) is 9.75. The molecule has 3 N–H and O–H groups in total. The second-order valence-electron chi connectivity index (χ2n) is 3.10. The molecule has 0 saturated carbocycles. The van der Waals surface area contributed by atoms with E-state index in [1.165, 1.54) is 25.3 Å². The molecule has 0 aliphatic heterocycles. The first-order valence-corrected chi connectivity index (χ1v) is 4.99. The second kappa shape index (κ2) is 6.07. The third kappa shape index (κ3) is 3.93. The zero-order valence-electron chi connectivity index (χ0n) is 8.99. The van der Waals surface area contributed by atoms with Crippen LogP contribution < -0.4 is 10.9 Å². The van der Waals surface area contributed by atoms with Crippen molar-refractivity contribution in [3.63, 3.8) is 0 Å². The van der Waals surface area contributed by atoms with E-state index in [1.807, 2.05) is 0 Å². The summed E-state index contributed by atoms with van der Waals surface area (Å²) in [5, 5.41) is 9.72. The average molecular weight is 259 g/mol. The van der Waals surface area contributed by atoms with Gasteiger partial charge in [-0.2, -0.15) is 0 Å². The van der Waals surface area contributed by atoms with Gasteiger partial charge in [0.05, 0.1) is 5.56 Å². The van der Waals surface area contributed by atoms with Gasteiger partial charge in [-0.05, 0) is 18.2 Å². The molecule has 0 unspecified atom stereocenters. The molecule has 0 atom stereocenters. The first kappa shape index (κ1) is 13.3. The molecule has 0 saturated heterocycles. The molecule has 7 heteroatoms. The summed E-state index contributed by atoms with van der Waals surface area (Å²) in [5.41, 5.74) is 4.19. The van der Waals surface area contributed by atoms with Crippen LogP contribution in [-0.2, 0) is 9.53 Å². The van der Waals surface area contributed by atoms with Crippen LogP contribution in [0, 0.1) is 0 Å². The molecule has 0 aromatic heterocycles. The summed E-state index contributed by atoms with van der Waals surface area (Å²) in [4.78, 5) is 22.5. The van der Waals surface area contributed by atoms with Crippen molar-refractivity contribution in [1.82, 2.24) is 10.9 Å². The lowest BCUT2D eigenvalue weighted by molar-refractivity contribution is -0.125. The van der Waals surface area contributed by atoms with Gasteiger partial charge < -0.3 is 9.84 Å². The number of amides is 2. The van der Waals surface area contributed by atoms with Crippen LogP contribution in [0.4, 0.5) is 0 Å². The van der Waals surface area contributed by atoms with Gasteiger partial charge in [-0.3, -0.25) is 20.4 Å². The van der Waals surface area contributed by atoms with E-state index >= 15 is 0 Å². The lowest BCUT2D eigenvalue weighted by Gasteiger charge is -2.08. The maximum Gasteiger partial charge on any atom is 0.273 e. The molecule has 2 amide bonds. The van der Waals surface area contributed by atoms with Crippen molar-refractivity contribution in [1.29, 1.82) is 0 Å². The number of hydrazine groups is 1. The van der Waals surface area contributed by atoms with Crippen LogP contribution in [0.5, 0.6) is 5.75 Å². The van der Waals surface area contributed by atoms with Crippen molar-refractivity contribution in [2.45, 2.75) is 0 Å². The molecule has 0 aliphatic rings. The molecule has 0 bridgehead atoms. The highest BCUT2D eigenvalue weighted by molar-refractivity contribution is 6.31. The molecule has 1 aromatic rings. The summed E-state index contributed by atoms with van der Waals surface area (Å²) in [6, 6.07) is 4.01. The number of carbonyl (C=O) groups excluding carboxylic acids is 2. The Hall–Kier alpha value is -1.79. The van der Waals surface area contributed by atoms with E-state index in [0.29, 0.717) is 5.02 Å². The van der Waals surface area contributed by atoms with E-state index in [2.05, 4.69) is 15.6 Å². The molecular weight excluding hydrogens is 248 g/mol. The van der Waals surface area contributed by atoms with Gasteiger partial charge in [0.1, 0.15) is 12.4 Å². The SMILES string of the molecule is COCC(=O)NNC(=O)c1cc(Cl)ccc1O. The highest BCUT2D eigenvalue weighted by Crippen LogP contribution is 2.20. The topological polar surface area (TPSA) is 87.7 Å². The van der Waals surface area contributed by atoms with Crippen molar-refractivity contribution < 1.29 is 19.4 Å². The minimum atomic E-state index is -0.672.